The predicted octanol–water partition coefficient (Wildman–Crippen LogP) is 3.23. The van der Waals surface area contributed by atoms with Gasteiger partial charge in [-0.05, 0) is 27.4 Å². The number of nitrogens with zero attached hydrogens (tertiary/aromatic N) is 1. The fraction of sp³-hybridized carbons (Fsp3) is 0.882. The molecule has 22 heavy (non-hydrogen) atoms. The topological polar surface area (TPSA) is 57.6 Å². The van der Waals surface area contributed by atoms with E-state index in [0.29, 0.717) is 6.42 Å². The molecule has 0 saturated carbocycles. The zero-order valence-electron chi connectivity index (χ0n) is 14.3. The number of hydrogen-bond acceptors (Lipinski definition) is 3. The molecule has 1 N–H and O–H groups in total. The Morgan fingerprint density at radius 3 is 1.68 bits per heavy atom. The number of Topliss-reactive ketones (excluding diaryl/α,β-unsaturated/α-hetero) is 1. The van der Waals surface area contributed by atoms with E-state index in [1.165, 1.54) is 50.3 Å². The van der Waals surface area contributed by atoms with Gasteiger partial charge in [0.2, 0.25) is 0 Å². The molecular weight excluding hydrogens is 289 g/mol. The number of carbonyl (C=O) groups is 2. The zero-order valence-corrected chi connectivity index (χ0v) is 14.3. The predicted molar refractivity (Wildman–Crippen MR) is 93.7 cm³/mol. The second-order valence-corrected chi connectivity index (χ2v) is 6.27. The molecule has 126 valence electrons. The van der Waals surface area contributed by atoms with Gasteiger partial charge in [0.15, 0.2) is 11.3 Å². The average molecular weight is 323 g/mol. The Labute approximate surface area is 158 Å². The van der Waals surface area contributed by atoms with Gasteiger partial charge in [-0.15, -0.1) is 0 Å². The van der Waals surface area contributed by atoms with Crippen LogP contribution in [0.2, 0.25) is 0 Å². The van der Waals surface area contributed by atoms with E-state index < -0.39 is 11.5 Å². The zero-order chi connectivity index (χ0) is 16.3. The number of likely N-dealkylation sites (N-methyl/N-ethyl adjacent to an activating group) is 1. The number of rotatable bonds is 13. The molecule has 0 heterocycles. The van der Waals surface area contributed by atoms with Crippen LogP contribution in [0.5, 0.6) is 0 Å². The van der Waals surface area contributed by atoms with Crippen molar-refractivity contribution >= 4 is 41.3 Å². The first kappa shape index (κ1) is 24.4. The van der Waals surface area contributed by atoms with Crippen LogP contribution >= 0.6 is 0 Å². The van der Waals surface area contributed by atoms with Crippen molar-refractivity contribution in [2.45, 2.75) is 83.6 Å². The molecule has 0 rings (SSSR count). The molecule has 0 aromatic carbocycles. The summed E-state index contributed by atoms with van der Waals surface area (Å²) in [7, 11) is 3.28. The normalized spacial score (nSPS) is 13.5. The molecule has 0 aliphatic carbocycles. The fourth-order valence-electron chi connectivity index (χ4n) is 2.40. The summed E-state index contributed by atoms with van der Waals surface area (Å²) >= 11 is 0. The number of carboxylic acid groups (broad SMARTS) is 1. The van der Waals surface area contributed by atoms with Gasteiger partial charge in [-0.3, -0.25) is 9.69 Å². The molecule has 0 radical (unpaired) electrons. The van der Waals surface area contributed by atoms with Crippen LogP contribution in [0, 0.1) is 0 Å². The molecular formula is C17H34NNaO3. The molecule has 5 heteroatoms. The standard InChI is InChI=1S/C17H33NO3.Na.H/c1-5-6-7-8-9-10-11-12-13-14-15(19)17(2,16(20)21)18(3)4;;/h5-14H2,1-4H3,(H,20,21);;. The van der Waals surface area contributed by atoms with E-state index in [9.17, 15) is 14.7 Å². The molecule has 0 aromatic rings. The van der Waals surface area contributed by atoms with Crippen LogP contribution in [0.25, 0.3) is 0 Å². The van der Waals surface area contributed by atoms with Crippen molar-refractivity contribution in [3.8, 4) is 0 Å². The van der Waals surface area contributed by atoms with E-state index in [-0.39, 0.29) is 35.3 Å². The molecule has 0 bridgehead atoms. The van der Waals surface area contributed by atoms with Crippen LogP contribution in [0.3, 0.4) is 0 Å². The number of unbranched alkanes of at least 4 members (excludes halogenated alkanes) is 8. The molecule has 1 unspecified atom stereocenters. The summed E-state index contributed by atoms with van der Waals surface area (Å²) in [5, 5.41) is 9.25. The molecule has 0 aliphatic heterocycles. The molecule has 0 amide bonds. The summed E-state index contributed by atoms with van der Waals surface area (Å²) in [6.07, 6.45) is 11.1. The number of carbonyl (C=O) groups excluding carboxylic acids is 1. The maximum atomic E-state index is 12.1. The van der Waals surface area contributed by atoms with E-state index in [1.54, 1.807) is 14.1 Å². The molecule has 0 aliphatic rings. The summed E-state index contributed by atoms with van der Waals surface area (Å²) in [6, 6.07) is 0. The second-order valence-electron chi connectivity index (χ2n) is 6.27. The third-order valence-electron chi connectivity index (χ3n) is 4.36. The van der Waals surface area contributed by atoms with Crippen molar-refractivity contribution in [1.82, 2.24) is 4.90 Å². The Kier molecular flexibility index (Phi) is 15.0. The fourth-order valence-corrected chi connectivity index (χ4v) is 2.40. The average Bonchev–Trinajstić information content (AvgIpc) is 2.43. The van der Waals surface area contributed by atoms with Gasteiger partial charge in [-0.25, -0.2) is 4.79 Å². The van der Waals surface area contributed by atoms with Crippen LogP contribution in [0.15, 0.2) is 0 Å². The molecule has 0 spiro atoms. The Morgan fingerprint density at radius 2 is 1.32 bits per heavy atom. The van der Waals surface area contributed by atoms with Crippen molar-refractivity contribution in [3.05, 3.63) is 0 Å². The molecule has 1 atom stereocenters. The first-order valence-corrected chi connectivity index (χ1v) is 8.31. The van der Waals surface area contributed by atoms with Crippen molar-refractivity contribution in [1.29, 1.82) is 0 Å². The van der Waals surface area contributed by atoms with Gasteiger partial charge < -0.3 is 5.11 Å². The van der Waals surface area contributed by atoms with Gasteiger partial charge in [0.1, 0.15) is 0 Å². The minimum atomic E-state index is -1.39. The first-order chi connectivity index (χ1) is 9.87. The van der Waals surface area contributed by atoms with Crippen molar-refractivity contribution < 1.29 is 14.7 Å². The van der Waals surface area contributed by atoms with E-state index in [0.717, 1.165) is 19.3 Å². The third-order valence-corrected chi connectivity index (χ3v) is 4.36. The van der Waals surface area contributed by atoms with Crippen LogP contribution in [0.4, 0.5) is 0 Å². The van der Waals surface area contributed by atoms with Crippen LogP contribution in [-0.4, -0.2) is 71.0 Å². The van der Waals surface area contributed by atoms with Crippen molar-refractivity contribution in [2.75, 3.05) is 14.1 Å². The van der Waals surface area contributed by atoms with Gasteiger partial charge >= 0.3 is 35.5 Å². The van der Waals surface area contributed by atoms with Crippen LogP contribution in [-0.2, 0) is 9.59 Å². The van der Waals surface area contributed by atoms with E-state index in [4.69, 9.17) is 0 Å². The molecule has 0 fully saturated rings. The Hall–Kier alpha value is 0.1000. The maximum absolute atomic E-state index is 12.1. The number of carboxylic acids is 1. The summed E-state index contributed by atoms with van der Waals surface area (Å²) in [4.78, 5) is 24.9. The number of hydrogen-bond donors (Lipinski definition) is 1. The van der Waals surface area contributed by atoms with Gasteiger partial charge in [0.05, 0.1) is 0 Å². The summed E-state index contributed by atoms with van der Waals surface area (Å²) < 4.78 is 0. The third kappa shape index (κ3) is 8.66. The molecule has 4 nitrogen and oxygen atoms in total. The SMILES string of the molecule is CCCCCCCCCCCC(=O)C(C)(C(=O)O)N(C)C.[NaH]. The van der Waals surface area contributed by atoms with Gasteiger partial charge in [0.25, 0.3) is 0 Å². The number of aliphatic carboxylic acids is 1. The molecule has 0 aromatic heterocycles. The quantitative estimate of drug-likeness (QED) is 0.321. The van der Waals surface area contributed by atoms with E-state index >= 15 is 0 Å². The summed E-state index contributed by atoms with van der Waals surface area (Å²) in [6.45, 7) is 3.71. The summed E-state index contributed by atoms with van der Waals surface area (Å²) in [5.41, 5.74) is -1.39. The minimum absolute atomic E-state index is 0. The monoisotopic (exact) mass is 323 g/mol. The van der Waals surface area contributed by atoms with Crippen molar-refractivity contribution in [2.24, 2.45) is 0 Å². The Morgan fingerprint density at radius 1 is 0.909 bits per heavy atom. The van der Waals surface area contributed by atoms with E-state index in [2.05, 4.69) is 6.92 Å². The Bertz CT molecular complexity index is 321. The molecule has 0 saturated heterocycles. The van der Waals surface area contributed by atoms with Crippen molar-refractivity contribution in [3.63, 3.8) is 0 Å². The van der Waals surface area contributed by atoms with Crippen LogP contribution in [0.1, 0.15) is 78.1 Å². The van der Waals surface area contributed by atoms with Gasteiger partial charge in [-0.1, -0.05) is 58.3 Å². The van der Waals surface area contributed by atoms with Crippen LogP contribution < -0.4 is 0 Å². The summed E-state index contributed by atoms with van der Waals surface area (Å²) in [5.74, 6) is -1.25. The van der Waals surface area contributed by atoms with E-state index in [1.807, 2.05) is 0 Å². The Balaban J connectivity index is 0. The second kappa shape index (κ2) is 13.5. The van der Waals surface area contributed by atoms with Gasteiger partial charge in [-0.2, -0.15) is 0 Å². The van der Waals surface area contributed by atoms with Gasteiger partial charge in [0, 0.05) is 6.42 Å². The number of ketones is 1. The first-order valence-electron chi connectivity index (χ1n) is 8.31.